The highest BCUT2D eigenvalue weighted by Gasteiger charge is 2.25. The Morgan fingerprint density at radius 3 is 2.69 bits per heavy atom. The number of hydrogen-bond donors (Lipinski definition) is 1. The zero-order valence-corrected chi connectivity index (χ0v) is 21.2. The Hall–Kier alpha value is -2.47. The number of pyridine rings is 2. The predicted molar refractivity (Wildman–Crippen MR) is 138 cm³/mol. The first-order valence-corrected chi connectivity index (χ1v) is 13.8. The maximum atomic E-state index is 12.8. The molecule has 188 valence electrons. The van der Waals surface area contributed by atoms with Gasteiger partial charge in [0.2, 0.25) is 5.88 Å². The second-order valence-corrected chi connectivity index (χ2v) is 10.6. The number of fused-ring (bicyclic) bond motifs is 1. The molecule has 2 aliphatic carbocycles. The van der Waals surface area contributed by atoms with E-state index in [1.807, 2.05) is 19.1 Å². The molecule has 35 heavy (non-hydrogen) atoms. The van der Waals surface area contributed by atoms with Crippen LogP contribution >= 0.6 is 0 Å². The molecule has 6 heteroatoms. The highest BCUT2D eigenvalue weighted by atomic mass is 16.5. The van der Waals surface area contributed by atoms with Crippen molar-refractivity contribution in [3.63, 3.8) is 0 Å². The molecular formula is C29H40N4O2. The first kappa shape index (κ1) is 24.2. The fourth-order valence-electron chi connectivity index (χ4n) is 5.71. The molecule has 6 nitrogen and oxygen atoms in total. The largest absolute Gasteiger partial charge is 0.474 e. The van der Waals surface area contributed by atoms with Gasteiger partial charge in [0.25, 0.3) is 5.91 Å². The summed E-state index contributed by atoms with van der Waals surface area (Å²) < 4.78 is 6.03. The van der Waals surface area contributed by atoms with Gasteiger partial charge in [-0.25, -0.2) is 4.98 Å². The van der Waals surface area contributed by atoms with Crippen molar-refractivity contribution in [2.24, 2.45) is 5.92 Å². The summed E-state index contributed by atoms with van der Waals surface area (Å²) in [6.45, 7) is 5.42. The highest BCUT2D eigenvalue weighted by molar-refractivity contribution is 5.95. The standard InChI is InChI=1S/C29H40N4O2/c1-2-26-25(7-4-17-30-26)29(34)31-23-11-8-21(9-12-23)14-18-33-19-15-22-10-13-28(32-27(22)16-20-33)35-24-5-3-6-24/h4,7,10,13,17,21,23-24H,2-3,5-6,8-9,11-12,14-16,18-20H2,1H3,(H,31,34). The molecule has 0 aromatic carbocycles. The summed E-state index contributed by atoms with van der Waals surface area (Å²) in [5.74, 6) is 1.62. The molecule has 3 aliphatic rings. The minimum atomic E-state index is 0.0392. The molecule has 1 aliphatic heterocycles. The average Bonchev–Trinajstić information content (AvgIpc) is 3.07. The lowest BCUT2D eigenvalue weighted by molar-refractivity contribution is 0.0918. The van der Waals surface area contributed by atoms with Crippen LogP contribution in [0.1, 0.15) is 85.6 Å². The maximum absolute atomic E-state index is 12.8. The quantitative estimate of drug-likeness (QED) is 0.596. The number of amides is 1. The normalized spacial score (nSPS) is 23.1. The van der Waals surface area contributed by atoms with Gasteiger partial charge >= 0.3 is 0 Å². The predicted octanol–water partition coefficient (Wildman–Crippen LogP) is 4.75. The van der Waals surface area contributed by atoms with Crippen LogP contribution in [0, 0.1) is 5.92 Å². The Morgan fingerprint density at radius 1 is 1.09 bits per heavy atom. The van der Waals surface area contributed by atoms with Crippen molar-refractivity contribution in [2.45, 2.75) is 89.7 Å². The summed E-state index contributed by atoms with van der Waals surface area (Å²) in [6, 6.07) is 8.35. The van der Waals surface area contributed by atoms with Gasteiger partial charge in [0, 0.05) is 43.5 Å². The molecule has 0 unspecified atom stereocenters. The zero-order chi connectivity index (χ0) is 24.0. The van der Waals surface area contributed by atoms with Gasteiger partial charge in [0.05, 0.1) is 11.3 Å². The lowest BCUT2D eigenvalue weighted by Gasteiger charge is -2.31. The Kier molecular flexibility index (Phi) is 7.97. The van der Waals surface area contributed by atoms with E-state index in [-0.39, 0.29) is 5.91 Å². The molecular weight excluding hydrogens is 436 g/mol. The SMILES string of the molecule is CCc1ncccc1C(=O)NC1CCC(CCN2CCc3ccc(OC4CCC4)nc3CC2)CC1. The molecule has 0 spiro atoms. The molecule has 2 fully saturated rings. The lowest BCUT2D eigenvalue weighted by atomic mass is 9.84. The van der Waals surface area contributed by atoms with Gasteiger partial charge in [0.15, 0.2) is 0 Å². The van der Waals surface area contributed by atoms with Crippen LogP contribution in [0.4, 0.5) is 0 Å². The van der Waals surface area contributed by atoms with Crippen molar-refractivity contribution in [3.8, 4) is 5.88 Å². The van der Waals surface area contributed by atoms with E-state index in [4.69, 9.17) is 9.72 Å². The monoisotopic (exact) mass is 476 g/mol. The molecule has 0 radical (unpaired) electrons. The van der Waals surface area contributed by atoms with Gasteiger partial charge in [0.1, 0.15) is 6.10 Å². The second-order valence-electron chi connectivity index (χ2n) is 10.6. The van der Waals surface area contributed by atoms with E-state index in [2.05, 4.69) is 27.3 Å². The van der Waals surface area contributed by atoms with E-state index < -0.39 is 0 Å². The van der Waals surface area contributed by atoms with Crippen LogP contribution in [0.5, 0.6) is 5.88 Å². The Morgan fingerprint density at radius 2 is 1.91 bits per heavy atom. The highest BCUT2D eigenvalue weighted by Crippen LogP contribution is 2.29. The minimum Gasteiger partial charge on any atom is -0.474 e. The first-order chi connectivity index (χ1) is 17.2. The molecule has 1 amide bonds. The van der Waals surface area contributed by atoms with Gasteiger partial charge in [-0.05, 0) is 94.4 Å². The summed E-state index contributed by atoms with van der Waals surface area (Å²) in [5.41, 5.74) is 4.25. The molecule has 2 saturated carbocycles. The summed E-state index contributed by atoms with van der Waals surface area (Å²) in [5, 5.41) is 3.27. The van der Waals surface area contributed by atoms with Crippen LogP contribution in [0.25, 0.3) is 0 Å². The number of ether oxygens (including phenoxy) is 1. The number of hydrogen-bond acceptors (Lipinski definition) is 5. The Labute approximate surface area is 209 Å². The molecule has 2 aromatic heterocycles. The minimum absolute atomic E-state index is 0.0392. The third-order valence-corrected chi connectivity index (χ3v) is 8.25. The number of nitrogens with one attached hydrogen (secondary N) is 1. The van der Waals surface area contributed by atoms with Crippen LogP contribution < -0.4 is 10.1 Å². The molecule has 5 rings (SSSR count). The van der Waals surface area contributed by atoms with Crippen molar-refractivity contribution >= 4 is 5.91 Å². The first-order valence-electron chi connectivity index (χ1n) is 13.8. The molecule has 2 aromatic rings. The number of carbonyl (C=O) groups is 1. The molecule has 0 bridgehead atoms. The fraction of sp³-hybridized carbons (Fsp3) is 0.621. The van der Waals surface area contributed by atoms with Crippen LogP contribution in [-0.4, -0.2) is 52.6 Å². The summed E-state index contributed by atoms with van der Waals surface area (Å²) in [6.07, 6.45) is 14.5. The van der Waals surface area contributed by atoms with Gasteiger partial charge in [-0.15, -0.1) is 0 Å². The second kappa shape index (κ2) is 11.5. The van der Waals surface area contributed by atoms with Gasteiger partial charge in [-0.2, -0.15) is 0 Å². The van der Waals surface area contributed by atoms with Crippen molar-refractivity contribution in [2.75, 3.05) is 19.6 Å². The number of rotatable bonds is 8. The van der Waals surface area contributed by atoms with Gasteiger partial charge in [-0.3, -0.25) is 9.78 Å². The molecule has 0 atom stereocenters. The van der Waals surface area contributed by atoms with E-state index in [0.717, 1.165) is 74.8 Å². The van der Waals surface area contributed by atoms with Crippen molar-refractivity contribution in [1.29, 1.82) is 0 Å². The summed E-state index contributed by atoms with van der Waals surface area (Å²) in [4.78, 5) is 24.6. The molecule has 3 heterocycles. The third-order valence-electron chi connectivity index (χ3n) is 8.25. The van der Waals surface area contributed by atoms with E-state index >= 15 is 0 Å². The molecule has 0 saturated heterocycles. The maximum Gasteiger partial charge on any atom is 0.253 e. The smallest absolute Gasteiger partial charge is 0.253 e. The zero-order valence-electron chi connectivity index (χ0n) is 21.2. The number of carbonyl (C=O) groups excluding carboxylic acids is 1. The van der Waals surface area contributed by atoms with Crippen LogP contribution in [0.15, 0.2) is 30.5 Å². The summed E-state index contributed by atoms with van der Waals surface area (Å²) in [7, 11) is 0. The van der Waals surface area contributed by atoms with E-state index in [1.54, 1.807) is 6.20 Å². The van der Waals surface area contributed by atoms with Crippen LogP contribution in [0.3, 0.4) is 0 Å². The fourth-order valence-corrected chi connectivity index (χ4v) is 5.71. The molecule has 1 N–H and O–H groups in total. The lowest BCUT2D eigenvalue weighted by Crippen LogP contribution is -2.38. The number of aromatic nitrogens is 2. The number of aryl methyl sites for hydroxylation is 1. The van der Waals surface area contributed by atoms with Crippen molar-refractivity contribution in [1.82, 2.24) is 20.2 Å². The van der Waals surface area contributed by atoms with Crippen LogP contribution in [-0.2, 0) is 19.3 Å². The van der Waals surface area contributed by atoms with Gasteiger partial charge in [-0.1, -0.05) is 13.0 Å². The number of nitrogens with zero attached hydrogens (tertiary/aromatic N) is 3. The van der Waals surface area contributed by atoms with Crippen molar-refractivity contribution in [3.05, 3.63) is 53.0 Å². The van der Waals surface area contributed by atoms with Crippen LogP contribution in [0.2, 0.25) is 0 Å². The van der Waals surface area contributed by atoms with Crippen molar-refractivity contribution < 1.29 is 9.53 Å². The van der Waals surface area contributed by atoms with E-state index in [1.165, 1.54) is 49.8 Å². The van der Waals surface area contributed by atoms with E-state index in [9.17, 15) is 4.79 Å². The Balaban J connectivity index is 1.04. The third kappa shape index (κ3) is 6.21. The summed E-state index contributed by atoms with van der Waals surface area (Å²) >= 11 is 0. The topological polar surface area (TPSA) is 67.4 Å². The Bertz CT molecular complexity index is 998. The average molecular weight is 477 g/mol. The van der Waals surface area contributed by atoms with Gasteiger partial charge < -0.3 is 15.0 Å². The van der Waals surface area contributed by atoms with E-state index in [0.29, 0.717) is 12.1 Å².